The molecule has 0 aromatic carbocycles. The van der Waals surface area contributed by atoms with E-state index in [9.17, 15) is 20.0 Å². The van der Waals surface area contributed by atoms with Crippen molar-refractivity contribution in [2.45, 2.75) is 118 Å². The Morgan fingerprint density at radius 3 is 2.27 bits per heavy atom. The van der Waals surface area contributed by atoms with Gasteiger partial charge in [-0.05, 0) is 89.8 Å². The maximum atomic E-state index is 14.5. The van der Waals surface area contributed by atoms with E-state index < -0.39 is 11.5 Å². The highest BCUT2D eigenvalue weighted by Gasteiger charge is 2.72. The first-order valence-electron chi connectivity index (χ1n) is 14.6. The highest BCUT2D eigenvalue weighted by Crippen LogP contribution is 2.75. The molecule has 37 heavy (non-hydrogen) atoms. The number of nitriles is 1. The topological polar surface area (TPSA) is 90.2 Å². The lowest BCUT2D eigenvalue weighted by molar-refractivity contribution is -0.220. The summed E-state index contributed by atoms with van der Waals surface area (Å²) in [5.41, 5.74) is -0.621. The summed E-state index contributed by atoms with van der Waals surface area (Å²) in [6.45, 7) is 17.6. The second-order valence-corrected chi connectivity index (χ2v) is 15.7. The molecular weight excluding hydrogens is 460 g/mol. The molecule has 5 aliphatic carbocycles. The van der Waals surface area contributed by atoms with E-state index in [1.54, 1.807) is 6.92 Å². The van der Waals surface area contributed by atoms with Crippen molar-refractivity contribution in [2.24, 2.45) is 50.7 Å². The minimum absolute atomic E-state index is 0.0193. The molecule has 0 bridgehead atoms. The van der Waals surface area contributed by atoms with E-state index in [1.807, 2.05) is 0 Å². The molecule has 5 nitrogen and oxygen atoms in total. The Balaban J connectivity index is 1.63. The summed E-state index contributed by atoms with van der Waals surface area (Å²) in [6, 6.07) is 2.31. The fourth-order valence-electron chi connectivity index (χ4n) is 11.0. The van der Waals surface area contributed by atoms with E-state index in [2.05, 4.69) is 65.9 Å². The smallest absolute Gasteiger partial charge is 0.217 e. The number of aliphatic hydroxyl groups excluding tert-OH is 1. The number of hydrogen-bond donors (Lipinski definition) is 2. The number of carbonyl (C=O) groups is 2. The van der Waals surface area contributed by atoms with Crippen molar-refractivity contribution in [3.05, 3.63) is 11.6 Å². The molecule has 5 aliphatic rings. The Bertz CT molecular complexity index is 1100. The number of nitrogens with zero attached hydrogens (tertiary/aromatic N) is 1. The molecule has 0 spiro atoms. The van der Waals surface area contributed by atoms with Gasteiger partial charge in [-0.15, -0.1) is 0 Å². The molecular formula is C32H48N2O3. The van der Waals surface area contributed by atoms with E-state index in [4.69, 9.17) is 0 Å². The maximum Gasteiger partial charge on any atom is 0.217 e. The van der Waals surface area contributed by atoms with Gasteiger partial charge in [0.2, 0.25) is 5.91 Å². The molecule has 0 radical (unpaired) electrons. The predicted octanol–water partition coefficient (Wildman–Crippen LogP) is 5.97. The molecule has 5 heteroatoms. The van der Waals surface area contributed by atoms with Gasteiger partial charge in [-0.2, -0.15) is 5.26 Å². The third kappa shape index (κ3) is 3.43. The van der Waals surface area contributed by atoms with Crippen molar-refractivity contribution in [1.29, 1.82) is 5.26 Å². The normalized spacial score (nSPS) is 49.8. The van der Waals surface area contributed by atoms with Gasteiger partial charge in [0.1, 0.15) is 5.78 Å². The number of Topliss-reactive ketones (excluding diaryl/α,β-unsaturated/α-hetero) is 1. The molecule has 0 aromatic heterocycles. The van der Waals surface area contributed by atoms with Crippen LogP contribution < -0.4 is 5.32 Å². The Morgan fingerprint density at radius 2 is 1.65 bits per heavy atom. The lowest BCUT2D eigenvalue weighted by Crippen LogP contribution is -2.72. The van der Waals surface area contributed by atoms with Crippen molar-refractivity contribution in [1.82, 2.24) is 5.32 Å². The number of carbonyl (C=O) groups excluding carboxylic acids is 2. The van der Waals surface area contributed by atoms with Gasteiger partial charge in [0, 0.05) is 24.8 Å². The van der Waals surface area contributed by atoms with E-state index in [0.29, 0.717) is 17.8 Å². The summed E-state index contributed by atoms with van der Waals surface area (Å²) >= 11 is 0. The Labute approximate surface area is 223 Å². The number of aliphatic hydroxyl groups is 1. The Hall–Kier alpha value is -1.67. The van der Waals surface area contributed by atoms with Crippen LogP contribution in [0.15, 0.2) is 11.6 Å². The van der Waals surface area contributed by atoms with Crippen LogP contribution in [0.4, 0.5) is 0 Å². The average molecular weight is 509 g/mol. The first-order chi connectivity index (χ1) is 17.0. The van der Waals surface area contributed by atoms with E-state index in [-0.39, 0.29) is 56.8 Å². The van der Waals surface area contributed by atoms with E-state index >= 15 is 0 Å². The van der Waals surface area contributed by atoms with Gasteiger partial charge in [0.15, 0.2) is 0 Å². The van der Waals surface area contributed by atoms with Crippen LogP contribution in [0.2, 0.25) is 0 Å². The van der Waals surface area contributed by atoms with Crippen LogP contribution in [0.25, 0.3) is 0 Å². The third-order valence-corrected chi connectivity index (χ3v) is 13.1. The molecule has 5 rings (SSSR count). The molecule has 3 unspecified atom stereocenters. The lowest BCUT2D eigenvalue weighted by atomic mass is 9.32. The summed E-state index contributed by atoms with van der Waals surface area (Å²) in [5.74, 6) is 0.826. The molecule has 0 aliphatic heterocycles. The van der Waals surface area contributed by atoms with E-state index in [0.717, 1.165) is 44.9 Å². The minimum atomic E-state index is -0.764. The molecule has 1 amide bonds. The quantitative estimate of drug-likeness (QED) is 0.457. The highest BCUT2D eigenvalue weighted by molar-refractivity contribution is 5.85. The van der Waals surface area contributed by atoms with Crippen LogP contribution in [0.3, 0.4) is 0 Å². The summed E-state index contributed by atoms with van der Waals surface area (Å²) in [5, 5.41) is 24.4. The van der Waals surface area contributed by atoms with Gasteiger partial charge in [-0.25, -0.2) is 0 Å². The van der Waals surface area contributed by atoms with Crippen LogP contribution in [0, 0.1) is 62.1 Å². The minimum Gasteiger partial charge on any atom is -0.387 e. The predicted molar refractivity (Wildman–Crippen MR) is 144 cm³/mol. The van der Waals surface area contributed by atoms with Crippen LogP contribution in [-0.4, -0.2) is 28.4 Å². The van der Waals surface area contributed by atoms with Gasteiger partial charge in [-0.3, -0.25) is 9.59 Å². The van der Waals surface area contributed by atoms with Gasteiger partial charge >= 0.3 is 0 Å². The molecule has 4 saturated carbocycles. The summed E-state index contributed by atoms with van der Waals surface area (Å²) in [6.07, 6.45) is 8.72. The number of nitrogens with one attached hydrogen (secondary N) is 1. The monoisotopic (exact) mass is 508 g/mol. The maximum absolute atomic E-state index is 14.5. The SMILES string of the molecule is CC(=O)N[C@]12CCC(C)(C)CC1C1C(=O)C[C@@H]3[C@@]4(C)C=C(C#N)C(O)C(C)(C)[C@@H]4CC[C@@]3(C)[C@]1(C)CC2. The first-order valence-corrected chi connectivity index (χ1v) is 14.6. The Kier molecular flexibility index (Phi) is 5.77. The molecule has 0 saturated heterocycles. The van der Waals surface area contributed by atoms with Gasteiger partial charge in [0.25, 0.3) is 0 Å². The number of fused-ring (bicyclic) bond motifs is 7. The number of rotatable bonds is 1. The van der Waals surface area contributed by atoms with Crippen LogP contribution in [0.1, 0.15) is 107 Å². The third-order valence-electron chi connectivity index (χ3n) is 13.1. The summed E-state index contributed by atoms with van der Waals surface area (Å²) < 4.78 is 0. The van der Waals surface area contributed by atoms with Crippen molar-refractivity contribution >= 4 is 11.7 Å². The van der Waals surface area contributed by atoms with Crippen molar-refractivity contribution < 1.29 is 14.7 Å². The second kappa shape index (κ2) is 7.93. The molecule has 4 fully saturated rings. The molecule has 0 aromatic rings. The largest absolute Gasteiger partial charge is 0.387 e. The number of amides is 1. The summed E-state index contributed by atoms with van der Waals surface area (Å²) in [7, 11) is 0. The standard InChI is InChI=1S/C32H48N2O3/c1-19(35)34-32-13-11-27(2,3)17-21(32)25-22(36)15-24-29(6)16-20(18-33)26(37)28(4,5)23(29)9-10-30(24,7)31(25,8)12-14-32/h16,21,23-26,37H,9-15,17H2,1-8H3,(H,34,35)/t21?,23-,24+,25?,26?,29-,30+,31+,32-/m0/s1. The zero-order chi connectivity index (χ0) is 27.4. The van der Waals surface area contributed by atoms with Crippen molar-refractivity contribution in [2.75, 3.05) is 0 Å². The number of ketones is 1. The molecule has 0 heterocycles. The lowest BCUT2D eigenvalue weighted by Gasteiger charge is -2.72. The molecule has 9 atom stereocenters. The average Bonchev–Trinajstić information content (AvgIpc) is 2.78. The second-order valence-electron chi connectivity index (χ2n) is 15.7. The Morgan fingerprint density at radius 1 is 1.00 bits per heavy atom. The molecule has 204 valence electrons. The first kappa shape index (κ1) is 26.9. The van der Waals surface area contributed by atoms with Crippen molar-refractivity contribution in [3.8, 4) is 6.07 Å². The van der Waals surface area contributed by atoms with Gasteiger partial charge < -0.3 is 10.4 Å². The fourth-order valence-corrected chi connectivity index (χ4v) is 11.0. The zero-order valence-corrected chi connectivity index (χ0v) is 24.3. The number of allylic oxidation sites excluding steroid dienone is 1. The van der Waals surface area contributed by atoms with Crippen LogP contribution in [-0.2, 0) is 9.59 Å². The molecule has 2 N–H and O–H groups in total. The highest BCUT2D eigenvalue weighted by atomic mass is 16.3. The van der Waals surface area contributed by atoms with Gasteiger partial charge in [0.05, 0.1) is 17.7 Å². The number of hydrogen-bond acceptors (Lipinski definition) is 4. The van der Waals surface area contributed by atoms with Crippen LogP contribution >= 0.6 is 0 Å². The zero-order valence-electron chi connectivity index (χ0n) is 24.3. The summed E-state index contributed by atoms with van der Waals surface area (Å²) in [4.78, 5) is 26.9. The van der Waals surface area contributed by atoms with E-state index in [1.165, 1.54) is 0 Å². The van der Waals surface area contributed by atoms with Gasteiger partial charge in [-0.1, -0.05) is 54.5 Å². The van der Waals surface area contributed by atoms with Crippen LogP contribution in [0.5, 0.6) is 0 Å². The van der Waals surface area contributed by atoms with Crippen molar-refractivity contribution in [3.63, 3.8) is 0 Å². The fraction of sp³-hybridized carbons (Fsp3) is 0.844.